The average molecular weight is 439 g/mol. The van der Waals surface area contributed by atoms with Gasteiger partial charge in [0.2, 0.25) is 16.9 Å². The molecule has 2 rings (SSSR count). The fourth-order valence-electron chi connectivity index (χ4n) is 2.26. The van der Waals surface area contributed by atoms with E-state index in [4.69, 9.17) is 4.74 Å². The summed E-state index contributed by atoms with van der Waals surface area (Å²) in [4.78, 5) is 32.3. The fraction of sp³-hybridized carbons (Fsp3) is 0.333. The molecule has 0 unspecified atom stereocenters. The van der Waals surface area contributed by atoms with E-state index in [-0.39, 0.29) is 27.4 Å². The number of carbonyl (C=O) groups is 2. The quantitative estimate of drug-likeness (QED) is 0.602. The van der Waals surface area contributed by atoms with Crippen LogP contribution in [0.2, 0.25) is 0 Å². The molecule has 0 spiro atoms. The predicted molar refractivity (Wildman–Crippen MR) is 111 cm³/mol. The Morgan fingerprint density at radius 3 is 2.62 bits per heavy atom. The number of aryl methyl sites for hydroxylation is 1. The highest BCUT2D eigenvalue weighted by molar-refractivity contribution is 8.14. The summed E-state index contributed by atoms with van der Waals surface area (Å²) in [7, 11) is -2.89. The van der Waals surface area contributed by atoms with Crippen LogP contribution in [0.4, 0.5) is 10.7 Å². The Hall–Kier alpha value is -2.66. The lowest BCUT2D eigenvalue weighted by molar-refractivity contribution is 0.108. The lowest BCUT2D eigenvalue weighted by Gasteiger charge is -2.11. The second-order valence-corrected chi connectivity index (χ2v) is 8.64. The molecule has 1 aromatic heterocycles. The van der Waals surface area contributed by atoms with Crippen LogP contribution in [0, 0.1) is 6.92 Å². The highest BCUT2D eigenvalue weighted by atomic mass is 32.2. The summed E-state index contributed by atoms with van der Waals surface area (Å²) in [6.07, 6.45) is 1.76. The van der Waals surface area contributed by atoms with Gasteiger partial charge in [-0.2, -0.15) is 4.98 Å². The summed E-state index contributed by atoms with van der Waals surface area (Å²) < 4.78 is 32.2. The van der Waals surface area contributed by atoms with Gasteiger partial charge in [-0.1, -0.05) is 37.2 Å². The van der Waals surface area contributed by atoms with Gasteiger partial charge in [0.05, 0.1) is 12.0 Å². The standard InChI is InChI=1S/C18H22N4O5S2/c1-4-5-10-28-16(23)13-8-6-7-9-14(13)29(25,26)22-18(24)21-17-19-12(2)11-15(20-17)27-3/h6-9,11H,4-5,10H2,1-3H3,(H2,19,20,21,22,24). The lowest BCUT2D eigenvalue weighted by atomic mass is 10.2. The minimum atomic E-state index is -4.29. The number of benzene rings is 1. The third-order valence-electron chi connectivity index (χ3n) is 3.62. The van der Waals surface area contributed by atoms with Crippen molar-refractivity contribution in [2.45, 2.75) is 31.6 Å². The van der Waals surface area contributed by atoms with Crippen molar-refractivity contribution in [3.05, 3.63) is 41.6 Å². The molecule has 2 aromatic rings. The Morgan fingerprint density at radius 1 is 1.21 bits per heavy atom. The number of sulfonamides is 1. The van der Waals surface area contributed by atoms with Gasteiger partial charge in [-0.15, -0.1) is 0 Å². The van der Waals surface area contributed by atoms with Crippen LogP contribution < -0.4 is 14.8 Å². The largest absolute Gasteiger partial charge is 0.481 e. The van der Waals surface area contributed by atoms with E-state index in [1.807, 2.05) is 11.6 Å². The molecule has 0 atom stereocenters. The van der Waals surface area contributed by atoms with Gasteiger partial charge >= 0.3 is 6.03 Å². The zero-order chi connectivity index (χ0) is 21.4. The van der Waals surface area contributed by atoms with Crippen molar-refractivity contribution >= 4 is 38.9 Å². The van der Waals surface area contributed by atoms with Gasteiger partial charge in [-0.3, -0.25) is 10.1 Å². The molecule has 9 nitrogen and oxygen atoms in total. The first-order valence-electron chi connectivity index (χ1n) is 8.76. The first-order chi connectivity index (χ1) is 13.8. The normalized spacial score (nSPS) is 11.0. The lowest BCUT2D eigenvalue weighted by Crippen LogP contribution is -2.35. The number of methoxy groups -OCH3 is 1. The van der Waals surface area contributed by atoms with E-state index in [0.29, 0.717) is 11.4 Å². The van der Waals surface area contributed by atoms with Crippen LogP contribution in [-0.2, 0) is 10.0 Å². The Labute approximate surface area is 173 Å². The third-order valence-corrected chi connectivity index (χ3v) is 5.98. The number of urea groups is 1. The number of rotatable bonds is 8. The topological polar surface area (TPSA) is 127 Å². The average Bonchev–Trinajstić information content (AvgIpc) is 2.67. The van der Waals surface area contributed by atoms with Crippen molar-refractivity contribution in [2.24, 2.45) is 0 Å². The monoisotopic (exact) mass is 438 g/mol. The molecule has 0 aliphatic heterocycles. The molecule has 29 heavy (non-hydrogen) atoms. The molecule has 2 N–H and O–H groups in total. The van der Waals surface area contributed by atoms with Crippen molar-refractivity contribution in [1.82, 2.24) is 14.7 Å². The molecule has 0 fully saturated rings. The Kier molecular flexibility index (Phi) is 7.97. The molecule has 0 saturated carbocycles. The summed E-state index contributed by atoms with van der Waals surface area (Å²) in [5, 5.41) is 1.88. The highest BCUT2D eigenvalue weighted by Gasteiger charge is 2.24. The SMILES string of the molecule is CCCCSC(=O)c1ccccc1S(=O)(=O)NC(=O)Nc1nc(C)cc(OC)n1. The molecule has 0 bridgehead atoms. The van der Waals surface area contributed by atoms with E-state index in [1.54, 1.807) is 19.1 Å². The Morgan fingerprint density at radius 2 is 1.93 bits per heavy atom. The molecular weight excluding hydrogens is 416 g/mol. The summed E-state index contributed by atoms with van der Waals surface area (Å²) in [6, 6.07) is 6.24. The number of amides is 2. The van der Waals surface area contributed by atoms with Gasteiger partial charge in [0.1, 0.15) is 0 Å². The van der Waals surface area contributed by atoms with E-state index in [0.717, 1.165) is 24.6 Å². The van der Waals surface area contributed by atoms with E-state index >= 15 is 0 Å². The van der Waals surface area contributed by atoms with Gasteiger partial charge in [-0.05, 0) is 25.5 Å². The molecule has 11 heteroatoms. The van der Waals surface area contributed by atoms with Crippen molar-refractivity contribution in [3.63, 3.8) is 0 Å². The van der Waals surface area contributed by atoms with Crippen LogP contribution in [0.25, 0.3) is 0 Å². The zero-order valence-corrected chi connectivity index (χ0v) is 17.9. The summed E-state index contributed by atoms with van der Waals surface area (Å²) in [6.45, 7) is 3.67. The molecular formula is C18H22N4O5S2. The highest BCUT2D eigenvalue weighted by Crippen LogP contribution is 2.22. The second-order valence-electron chi connectivity index (χ2n) is 5.92. The molecule has 0 saturated heterocycles. The minimum absolute atomic E-state index is 0.0161. The number of aromatic nitrogens is 2. The van der Waals surface area contributed by atoms with Crippen molar-refractivity contribution in [1.29, 1.82) is 0 Å². The van der Waals surface area contributed by atoms with Gasteiger partial charge < -0.3 is 4.74 Å². The number of anilines is 1. The first kappa shape index (κ1) is 22.6. The van der Waals surface area contributed by atoms with Crippen LogP contribution in [-0.4, -0.2) is 42.4 Å². The fourth-order valence-corrected chi connectivity index (χ4v) is 4.39. The molecule has 156 valence electrons. The molecule has 0 aliphatic carbocycles. The molecule has 0 radical (unpaired) electrons. The van der Waals surface area contributed by atoms with E-state index < -0.39 is 16.1 Å². The third kappa shape index (κ3) is 6.43. The van der Waals surface area contributed by atoms with E-state index in [1.165, 1.54) is 25.3 Å². The van der Waals surface area contributed by atoms with Crippen molar-refractivity contribution < 1.29 is 22.7 Å². The molecule has 2 amide bonds. The van der Waals surface area contributed by atoms with Gasteiger partial charge in [-0.25, -0.2) is 22.9 Å². The maximum absolute atomic E-state index is 12.7. The van der Waals surface area contributed by atoms with Crippen LogP contribution >= 0.6 is 11.8 Å². The van der Waals surface area contributed by atoms with Crippen molar-refractivity contribution in [2.75, 3.05) is 18.2 Å². The number of hydrogen-bond acceptors (Lipinski definition) is 8. The number of hydrogen-bond donors (Lipinski definition) is 2. The van der Waals surface area contributed by atoms with Crippen LogP contribution in [0.3, 0.4) is 0 Å². The number of nitrogens with zero attached hydrogens (tertiary/aromatic N) is 2. The minimum Gasteiger partial charge on any atom is -0.481 e. The zero-order valence-electron chi connectivity index (χ0n) is 16.3. The number of nitrogens with one attached hydrogen (secondary N) is 2. The predicted octanol–water partition coefficient (Wildman–Crippen LogP) is 2.98. The Balaban J connectivity index is 2.18. The summed E-state index contributed by atoms with van der Waals surface area (Å²) in [5.74, 6) is 0.689. The smallest absolute Gasteiger partial charge is 0.335 e. The van der Waals surface area contributed by atoms with Crippen LogP contribution in [0.1, 0.15) is 35.8 Å². The maximum Gasteiger partial charge on any atom is 0.335 e. The Bertz CT molecular complexity index is 995. The van der Waals surface area contributed by atoms with Crippen LogP contribution in [0.5, 0.6) is 5.88 Å². The number of thioether (sulfide) groups is 1. The number of carbonyl (C=O) groups excluding carboxylic acids is 2. The second kappa shape index (κ2) is 10.2. The maximum atomic E-state index is 12.7. The molecule has 1 heterocycles. The first-order valence-corrected chi connectivity index (χ1v) is 11.2. The number of unbranched alkanes of at least 4 members (excludes halogenated alkanes) is 1. The molecule has 0 aliphatic rings. The van der Waals surface area contributed by atoms with Gasteiger partial charge in [0.15, 0.2) is 0 Å². The van der Waals surface area contributed by atoms with E-state index in [2.05, 4.69) is 15.3 Å². The van der Waals surface area contributed by atoms with Gasteiger partial charge in [0.25, 0.3) is 10.0 Å². The summed E-state index contributed by atoms with van der Waals surface area (Å²) >= 11 is 1.05. The number of ether oxygens (including phenoxy) is 1. The van der Waals surface area contributed by atoms with Crippen LogP contribution in [0.15, 0.2) is 35.2 Å². The molecule has 1 aromatic carbocycles. The van der Waals surface area contributed by atoms with Crippen molar-refractivity contribution in [3.8, 4) is 5.88 Å². The summed E-state index contributed by atoms with van der Waals surface area (Å²) in [5.41, 5.74) is 0.539. The van der Waals surface area contributed by atoms with Gasteiger partial charge in [0, 0.05) is 23.1 Å². The van der Waals surface area contributed by atoms with E-state index in [9.17, 15) is 18.0 Å².